The van der Waals surface area contributed by atoms with Gasteiger partial charge < -0.3 is 25.2 Å². The number of carbonyl (C=O) groups excluding carboxylic acids is 1. The van der Waals surface area contributed by atoms with Crippen LogP contribution in [0.1, 0.15) is 6.92 Å². The number of sulfonamides is 1. The third kappa shape index (κ3) is 6.84. The Morgan fingerprint density at radius 1 is 1.05 bits per heavy atom. The molecule has 0 saturated heterocycles. The highest BCUT2D eigenvalue weighted by Crippen LogP contribution is 2.34. The van der Waals surface area contributed by atoms with E-state index in [1.807, 2.05) is 0 Å². The third-order valence-corrected chi connectivity index (χ3v) is 7.27. The second-order valence-electron chi connectivity index (χ2n) is 8.09. The largest absolute Gasteiger partial charge is 0.497 e. The number of ether oxygens (including phenoxy) is 2. The first-order chi connectivity index (χ1) is 17.9. The molecule has 2 amide bonds. The molecule has 3 rings (SSSR count). The molecule has 0 aromatic heterocycles. The van der Waals surface area contributed by atoms with Gasteiger partial charge in [0, 0.05) is 17.8 Å². The van der Waals surface area contributed by atoms with Crippen molar-refractivity contribution in [2.45, 2.75) is 11.8 Å². The highest BCUT2D eigenvalue weighted by molar-refractivity contribution is 7.92. The fourth-order valence-corrected chi connectivity index (χ4v) is 5.01. The summed E-state index contributed by atoms with van der Waals surface area (Å²) >= 11 is 6.31. The first kappa shape index (κ1) is 28.5. The van der Waals surface area contributed by atoms with Crippen LogP contribution in [0.3, 0.4) is 0 Å². The fourth-order valence-electron chi connectivity index (χ4n) is 3.40. The maximum atomic E-state index is 14.4. The van der Waals surface area contributed by atoms with Crippen LogP contribution in [0, 0.1) is 11.7 Å². The van der Waals surface area contributed by atoms with E-state index in [0.29, 0.717) is 11.3 Å². The molecule has 0 aliphatic heterocycles. The standard InChI is InChI=1S/C25H25ClFN3O7S/c1-14(13-28-25(32)33)24(31)29-16-5-8-22(37-3)21(11-16)30-38(34,35)23-9-4-15(10-19(23)26)18-12-17(36-2)6-7-20(18)27/h4-12,14,28,30H,13H2,1-3H3,(H,29,31)(H,32,33)/t14-/m0/s1. The summed E-state index contributed by atoms with van der Waals surface area (Å²) in [6.07, 6.45) is -1.26. The number of benzene rings is 3. The van der Waals surface area contributed by atoms with Gasteiger partial charge in [-0.1, -0.05) is 24.6 Å². The molecule has 0 bridgehead atoms. The Morgan fingerprint density at radius 3 is 2.42 bits per heavy atom. The van der Waals surface area contributed by atoms with Crippen molar-refractivity contribution in [2.75, 3.05) is 30.8 Å². The topological polar surface area (TPSA) is 143 Å². The summed E-state index contributed by atoms with van der Waals surface area (Å²) < 4.78 is 53.5. The summed E-state index contributed by atoms with van der Waals surface area (Å²) in [5, 5.41) is 13.3. The van der Waals surface area contributed by atoms with Crippen molar-refractivity contribution in [3.63, 3.8) is 0 Å². The van der Waals surface area contributed by atoms with E-state index in [1.165, 1.54) is 75.7 Å². The molecule has 0 radical (unpaired) electrons. The molecule has 0 aliphatic carbocycles. The van der Waals surface area contributed by atoms with Gasteiger partial charge in [-0.2, -0.15) is 0 Å². The number of rotatable bonds is 10. The Morgan fingerprint density at radius 2 is 1.79 bits per heavy atom. The monoisotopic (exact) mass is 565 g/mol. The van der Waals surface area contributed by atoms with E-state index in [2.05, 4.69) is 15.4 Å². The minimum absolute atomic E-state index is 0.0144. The smallest absolute Gasteiger partial charge is 0.404 e. The molecule has 0 heterocycles. The van der Waals surface area contributed by atoms with E-state index in [0.717, 1.165) is 0 Å². The lowest BCUT2D eigenvalue weighted by Gasteiger charge is -2.16. The zero-order valence-electron chi connectivity index (χ0n) is 20.5. The Labute approximate surface area is 223 Å². The van der Waals surface area contributed by atoms with Gasteiger partial charge in [-0.05, 0) is 54.1 Å². The van der Waals surface area contributed by atoms with Gasteiger partial charge in [-0.25, -0.2) is 17.6 Å². The number of carbonyl (C=O) groups is 2. The number of methoxy groups -OCH3 is 2. The van der Waals surface area contributed by atoms with Gasteiger partial charge in [-0.3, -0.25) is 9.52 Å². The maximum Gasteiger partial charge on any atom is 0.404 e. The first-order valence-corrected chi connectivity index (χ1v) is 12.9. The van der Waals surface area contributed by atoms with E-state index in [-0.39, 0.29) is 39.2 Å². The average molecular weight is 566 g/mol. The van der Waals surface area contributed by atoms with E-state index >= 15 is 0 Å². The van der Waals surface area contributed by atoms with Gasteiger partial charge in [-0.15, -0.1) is 0 Å². The van der Waals surface area contributed by atoms with Crippen molar-refractivity contribution in [1.82, 2.24) is 5.32 Å². The molecule has 0 saturated carbocycles. The second-order valence-corrected chi connectivity index (χ2v) is 10.1. The summed E-state index contributed by atoms with van der Waals surface area (Å²) in [7, 11) is -1.46. The molecule has 3 aromatic carbocycles. The highest BCUT2D eigenvalue weighted by atomic mass is 35.5. The molecule has 0 unspecified atom stereocenters. The van der Waals surface area contributed by atoms with Crippen molar-refractivity contribution in [3.05, 3.63) is 65.4 Å². The highest BCUT2D eigenvalue weighted by Gasteiger charge is 2.22. The van der Waals surface area contributed by atoms with Gasteiger partial charge in [0.15, 0.2) is 0 Å². The van der Waals surface area contributed by atoms with Crippen LogP contribution in [0.2, 0.25) is 5.02 Å². The predicted octanol–water partition coefficient (Wildman–Crippen LogP) is 4.81. The minimum Gasteiger partial charge on any atom is -0.497 e. The molecule has 4 N–H and O–H groups in total. The second kappa shape index (κ2) is 12.0. The van der Waals surface area contributed by atoms with Crippen LogP contribution in [0.25, 0.3) is 11.1 Å². The molecule has 0 aliphatic rings. The molecule has 0 fully saturated rings. The quantitative estimate of drug-likeness (QED) is 0.276. The Balaban J connectivity index is 1.86. The molecular formula is C25H25ClFN3O7S. The van der Waals surface area contributed by atoms with Crippen LogP contribution in [0.5, 0.6) is 11.5 Å². The summed E-state index contributed by atoms with van der Waals surface area (Å²) in [5.74, 6) is -1.13. The zero-order chi connectivity index (χ0) is 28.0. The SMILES string of the molecule is COc1ccc(F)c(-c2ccc(S(=O)(=O)Nc3cc(NC(=O)[C@@H](C)CNC(=O)O)ccc3OC)c(Cl)c2)c1. The minimum atomic E-state index is -4.25. The fraction of sp³-hybridized carbons (Fsp3) is 0.200. The third-order valence-electron chi connectivity index (χ3n) is 5.42. The van der Waals surface area contributed by atoms with Crippen molar-refractivity contribution in [3.8, 4) is 22.6 Å². The molecular weight excluding hydrogens is 541 g/mol. The lowest BCUT2D eigenvalue weighted by atomic mass is 10.0. The lowest BCUT2D eigenvalue weighted by molar-refractivity contribution is -0.119. The van der Waals surface area contributed by atoms with E-state index < -0.39 is 33.8 Å². The van der Waals surface area contributed by atoms with Crippen LogP contribution < -0.4 is 24.8 Å². The summed E-state index contributed by atoms with van der Waals surface area (Å²) in [5.41, 5.74) is 0.784. The van der Waals surface area contributed by atoms with Crippen LogP contribution >= 0.6 is 11.6 Å². The number of carboxylic acid groups (broad SMARTS) is 1. The van der Waals surface area contributed by atoms with E-state index in [9.17, 15) is 22.4 Å². The summed E-state index contributed by atoms with van der Waals surface area (Å²) in [6.45, 7) is 1.42. The Kier molecular flexibility index (Phi) is 9.02. The molecule has 3 aromatic rings. The van der Waals surface area contributed by atoms with Crippen molar-refractivity contribution in [2.24, 2.45) is 5.92 Å². The van der Waals surface area contributed by atoms with Crippen LogP contribution in [-0.4, -0.2) is 46.3 Å². The van der Waals surface area contributed by atoms with Crippen molar-refractivity contribution < 1.29 is 37.0 Å². The van der Waals surface area contributed by atoms with Crippen molar-refractivity contribution in [1.29, 1.82) is 0 Å². The van der Waals surface area contributed by atoms with Crippen LogP contribution in [0.4, 0.5) is 20.6 Å². The number of anilines is 2. The maximum absolute atomic E-state index is 14.4. The molecule has 38 heavy (non-hydrogen) atoms. The van der Waals surface area contributed by atoms with Gasteiger partial charge in [0.05, 0.1) is 30.8 Å². The number of nitrogens with one attached hydrogen (secondary N) is 3. The van der Waals surface area contributed by atoms with Gasteiger partial charge in [0.2, 0.25) is 5.91 Å². The first-order valence-electron chi connectivity index (χ1n) is 11.1. The van der Waals surface area contributed by atoms with E-state index in [1.54, 1.807) is 0 Å². The summed E-state index contributed by atoms with van der Waals surface area (Å²) in [6, 6.07) is 12.4. The van der Waals surface area contributed by atoms with E-state index in [4.69, 9.17) is 26.2 Å². The van der Waals surface area contributed by atoms with Crippen LogP contribution in [0.15, 0.2) is 59.5 Å². The number of amides is 2. The number of halogens is 2. The normalized spacial score (nSPS) is 11.8. The van der Waals surface area contributed by atoms with Gasteiger partial charge in [0.1, 0.15) is 22.2 Å². The lowest BCUT2D eigenvalue weighted by Crippen LogP contribution is -2.33. The predicted molar refractivity (Wildman–Crippen MR) is 141 cm³/mol. The molecule has 202 valence electrons. The number of hydrogen-bond donors (Lipinski definition) is 4. The molecule has 10 nitrogen and oxygen atoms in total. The molecule has 0 spiro atoms. The van der Waals surface area contributed by atoms with Crippen LogP contribution in [-0.2, 0) is 14.8 Å². The Bertz CT molecular complexity index is 1470. The van der Waals surface area contributed by atoms with Gasteiger partial charge in [0.25, 0.3) is 10.0 Å². The molecule has 13 heteroatoms. The van der Waals surface area contributed by atoms with Crippen molar-refractivity contribution >= 4 is 45.0 Å². The number of hydrogen-bond acceptors (Lipinski definition) is 6. The zero-order valence-corrected chi connectivity index (χ0v) is 22.1. The summed E-state index contributed by atoms with van der Waals surface area (Å²) in [4.78, 5) is 22.8. The Hall–Kier alpha value is -4.03. The molecule has 1 atom stereocenters. The average Bonchev–Trinajstić information content (AvgIpc) is 2.87. The van der Waals surface area contributed by atoms with Gasteiger partial charge >= 0.3 is 6.09 Å².